The fourth-order valence-electron chi connectivity index (χ4n) is 2.73. The van der Waals surface area contributed by atoms with E-state index in [2.05, 4.69) is 0 Å². The van der Waals surface area contributed by atoms with E-state index >= 15 is 0 Å². The molecule has 0 aromatic carbocycles. The van der Waals surface area contributed by atoms with Gasteiger partial charge < -0.3 is 23.7 Å². The van der Waals surface area contributed by atoms with Crippen LogP contribution in [0.3, 0.4) is 0 Å². The predicted octanol–water partition coefficient (Wildman–Crippen LogP) is 0.588. The second-order valence-corrected chi connectivity index (χ2v) is 4.91. The summed E-state index contributed by atoms with van der Waals surface area (Å²) in [6.45, 7) is 3.43. The van der Waals surface area contributed by atoms with E-state index in [9.17, 15) is 9.59 Å². The lowest BCUT2D eigenvalue weighted by Crippen LogP contribution is -2.44. The minimum absolute atomic E-state index is 0.130. The fourth-order valence-corrected chi connectivity index (χ4v) is 2.73. The van der Waals surface area contributed by atoms with E-state index < -0.39 is 35.3 Å². The first kappa shape index (κ1) is 14.8. The smallest absolute Gasteiger partial charge is 0.337 e. The van der Waals surface area contributed by atoms with E-state index in [1.807, 2.05) is 0 Å². The van der Waals surface area contributed by atoms with Gasteiger partial charge in [-0.1, -0.05) is 6.92 Å². The summed E-state index contributed by atoms with van der Waals surface area (Å²) in [4.78, 5) is 23.7. The topological polar surface area (TPSA) is 80.3 Å². The van der Waals surface area contributed by atoms with Crippen molar-refractivity contribution in [2.75, 3.05) is 21.3 Å². The third-order valence-electron chi connectivity index (χ3n) is 4.02. The van der Waals surface area contributed by atoms with Gasteiger partial charge in [0.05, 0.1) is 20.3 Å². The van der Waals surface area contributed by atoms with Crippen LogP contribution in [-0.4, -0.2) is 44.8 Å². The number of carbonyl (C=O) groups excluding carboxylic acids is 2. The summed E-state index contributed by atoms with van der Waals surface area (Å²) < 4.78 is 26.4. The second kappa shape index (κ2) is 4.75. The third-order valence-corrected chi connectivity index (χ3v) is 4.02. The molecule has 2 rings (SSSR count). The van der Waals surface area contributed by atoms with Crippen LogP contribution in [0.1, 0.15) is 13.8 Å². The van der Waals surface area contributed by atoms with Gasteiger partial charge in [-0.3, -0.25) is 4.79 Å². The average Bonchev–Trinajstić information content (AvgIpc) is 2.84. The Bertz CT molecular complexity index is 471. The summed E-state index contributed by atoms with van der Waals surface area (Å²) in [6.07, 6.45) is 1.16. The van der Waals surface area contributed by atoms with Gasteiger partial charge >= 0.3 is 11.9 Å². The van der Waals surface area contributed by atoms with Crippen LogP contribution < -0.4 is 0 Å². The van der Waals surface area contributed by atoms with Crippen molar-refractivity contribution in [2.45, 2.75) is 25.4 Å². The van der Waals surface area contributed by atoms with Crippen LogP contribution in [0.4, 0.5) is 0 Å². The number of hydrogen-bond donors (Lipinski definition) is 0. The van der Waals surface area contributed by atoms with Gasteiger partial charge in [-0.25, -0.2) is 4.79 Å². The fraction of sp³-hybridized carbons (Fsp3) is 0.692. The van der Waals surface area contributed by atoms with Crippen molar-refractivity contribution in [3.8, 4) is 0 Å². The van der Waals surface area contributed by atoms with E-state index in [0.29, 0.717) is 0 Å². The number of carbonyl (C=O) groups is 2. The van der Waals surface area contributed by atoms with Crippen molar-refractivity contribution >= 4 is 11.9 Å². The molecule has 0 bridgehead atoms. The minimum atomic E-state index is -1.64. The molecule has 0 amide bonds. The van der Waals surface area contributed by atoms with Gasteiger partial charge in [0.2, 0.25) is 0 Å². The first-order valence-corrected chi connectivity index (χ1v) is 6.17. The third kappa shape index (κ3) is 1.81. The summed E-state index contributed by atoms with van der Waals surface area (Å²) in [5.41, 5.74) is 0. The van der Waals surface area contributed by atoms with E-state index in [-0.39, 0.29) is 5.76 Å². The quantitative estimate of drug-likeness (QED) is 0.702. The van der Waals surface area contributed by atoms with Crippen molar-refractivity contribution < 1.29 is 33.3 Å². The molecule has 0 saturated carbocycles. The lowest BCUT2D eigenvalue weighted by molar-refractivity contribution is -0.294. The first-order valence-electron chi connectivity index (χ1n) is 6.17. The number of esters is 2. The molecular formula is C13H18O7. The highest BCUT2D eigenvalue weighted by molar-refractivity contribution is 5.88. The van der Waals surface area contributed by atoms with Crippen LogP contribution in [0, 0.1) is 11.8 Å². The van der Waals surface area contributed by atoms with Crippen molar-refractivity contribution in [3.63, 3.8) is 0 Å². The lowest BCUT2D eigenvalue weighted by Gasteiger charge is -2.30. The zero-order chi connectivity index (χ0) is 15.1. The standard InChI is InChI=1S/C13H18O7/c1-7-10(11(15)17-4)13(20-12(7,2)18-5)8(16-3)6-9(14)19-13/h6-7,10H,1-5H3/t7-,10-,12?,13?/m1/s1. The summed E-state index contributed by atoms with van der Waals surface area (Å²) in [7, 11) is 4.09. The number of methoxy groups -OCH3 is 3. The van der Waals surface area contributed by atoms with Gasteiger partial charge in [-0.2, -0.15) is 0 Å². The number of rotatable bonds is 3. The molecule has 0 radical (unpaired) electrons. The van der Waals surface area contributed by atoms with E-state index in [1.54, 1.807) is 13.8 Å². The lowest BCUT2D eigenvalue weighted by atomic mass is 9.84. The van der Waals surface area contributed by atoms with Gasteiger partial charge in [0.1, 0.15) is 5.92 Å². The maximum Gasteiger partial charge on any atom is 0.337 e. The van der Waals surface area contributed by atoms with Crippen LogP contribution in [-0.2, 0) is 33.3 Å². The highest BCUT2D eigenvalue weighted by Crippen LogP contribution is 2.53. The molecule has 112 valence electrons. The Hall–Kier alpha value is -1.60. The Morgan fingerprint density at radius 3 is 2.50 bits per heavy atom. The van der Waals surface area contributed by atoms with Crippen LogP contribution in [0.25, 0.3) is 0 Å². The summed E-state index contributed by atoms with van der Waals surface area (Å²) >= 11 is 0. The average molecular weight is 286 g/mol. The summed E-state index contributed by atoms with van der Waals surface area (Å²) in [6, 6.07) is 0. The summed E-state index contributed by atoms with van der Waals surface area (Å²) in [5.74, 6) is -5.10. The molecule has 2 aliphatic heterocycles. The first-order chi connectivity index (χ1) is 9.34. The molecule has 1 fully saturated rings. The van der Waals surface area contributed by atoms with E-state index in [1.165, 1.54) is 21.3 Å². The highest BCUT2D eigenvalue weighted by Gasteiger charge is 2.69. The Labute approximate surface area is 116 Å². The molecule has 0 aliphatic carbocycles. The van der Waals surface area contributed by atoms with Crippen molar-refractivity contribution in [1.29, 1.82) is 0 Å². The Morgan fingerprint density at radius 1 is 1.35 bits per heavy atom. The molecule has 7 heteroatoms. The Morgan fingerprint density at radius 2 is 2.00 bits per heavy atom. The second-order valence-electron chi connectivity index (χ2n) is 4.91. The Balaban J connectivity index is 2.53. The van der Waals surface area contributed by atoms with Gasteiger partial charge in [-0.05, 0) is 6.92 Å². The van der Waals surface area contributed by atoms with Gasteiger partial charge in [0.25, 0.3) is 5.79 Å². The minimum Gasteiger partial charge on any atom is -0.494 e. The maximum atomic E-state index is 12.1. The van der Waals surface area contributed by atoms with Crippen LogP contribution in [0.5, 0.6) is 0 Å². The molecule has 1 spiro atoms. The maximum absolute atomic E-state index is 12.1. The van der Waals surface area contributed by atoms with Crippen molar-refractivity contribution in [3.05, 3.63) is 11.8 Å². The molecule has 1 saturated heterocycles. The molecule has 0 aromatic heterocycles. The van der Waals surface area contributed by atoms with Crippen molar-refractivity contribution in [1.82, 2.24) is 0 Å². The zero-order valence-corrected chi connectivity index (χ0v) is 12.1. The molecule has 0 aromatic rings. The molecule has 2 heterocycles. The largest absolute Gasteiger partial charge is 0.494 e. The number of ether oxygens (including phenoxy) is 5. The number of hydrogen-bond acceptors (Lipinski definition) is 7. The van der Waals surface area contributed by atoms with Gasteiger partial charge in [0, 0.05) is 13.0 Å². The van der Waals surface area contributed by atoms with Crippen LogP contribution in [0.15, 0.2) is 11.8 Å². The van der Waals surface area contributed by atoms with Crippen LogP contribution >= 0.6 is 0 Å². The molecule has 20 heavy (non-hydrogen) atoms. The predicted molar refractivity (Wildman–Crippen MR) is 65.1 cm³/mol. The molecule has 4 atom stereocenters. The zero-order valence-electron chi connectivity index (χ0n) is 12.1. The highest BCUT2D eigenvalue weighted by atomic mass is 16.8. The van der Waals surface area contributed by atoms with Gasteiger partial charge in [0.15, 0.2) is 11.5 Å². The SMILES string of the molecule is COC(=O)[C@H]1[C@@H](C)C(C)(OC)OC12OC(=O)C=C2OC. The monoisotopic (exact) mass is 286 g/mol. The van der Waals surface area contributed by atoms with Crippen LogP contribution in [0.2, 0.25) is 0 Å². The van der Waals surface area contributed by atoms with Crippen molar-refractivity contribution in [2.24, 2.45) is 11.8 Å². The van der Waals surface area contributed by atoms with E-state index in [0.717, 1.165) is 6.08 Å². The normalized spacial score (nSPS) is 39.6. The molecule has 2 unspecified atom stereocenters. The summed E-state index contributed by atoms with van der Waals surface area (Å²) in [5, 5.41) is 0. The Kier molecular flexibility index (Phi) is 3.51. The molecule has 0 N–H and O–H groups in total. The van der Waals surface area contributed by atoms with E-state index in [4.69, 9.17) is 23.7 Å². The molecule has 2 aliphatic rings. The van der Waals surface area contributed by atoms with Gasteiger partial charge in [-0.15, -0.1) is 0 Å². The molecular weight excluding hydrogens is 268 g/mol. The molecule has 7 nitrogen and oxygen atoms in total.